The molecule has 2 amide bonds. The maximum absolute atomic E-state index is 15.5. The Kier molecular flexibility index (Phi) is 9.68. The summed E-state index contributed by atoms with van der Waals surface area (Å²) in [6.07, 6.45) is -19.1. The molecule has 0 unspecified atom stereocenters. The largest absolute Gasteiger partial charge is 0.435 e. The Morgan fingerprint density at radius 3 is 1.86 bits per heavy atom. The molecule has 0 bridgehead atoms. The van der Waals surface area contributed by atoms with E-state index in [-0.39, 0.29) is 17.5 Å². The zero-order valence-electron chi connectivity index (χ0n) is 22.6. The van der Waals surface area contributed by atoms with Crippen LogP contribution in [-0.4, -0.2) is 31.2 Å². The summed E-state index contributed by atoms with van der Waals surface area (Å²) in [7, 11) is 1.16. The molecular weight excluding hydrogens is 732 g/mol. The van der Waals surface area contributed by atoms with Crippen molar-refractivity contribution in [3.8, 4) is 0 Å². The normalized spacial score (nSPS) is 12.8. The van der Waals surface area contributed by atoms with Gasteiger partial charge in [0, 0.05) is 21.7 Å². The molecule has 0 aliphatic rings. The number of rotatable bonds is 6. The molecule has 3 rings (SSSR count). The van der Waals surface area contributed by atoms with Crippen LogP contribution in [0.4, 0.5) is 59.7 Å². The Balaban J connectivity index is 2.04. The third-order valence-electron chi connectivity index (χ3n) is 6.53. The van der Waals surface area contributed by atoms with Crippen LogP contribution in [0.25, 0.3) is 0 Å². The van der Waals surface area contributed by atoms with E-state index in [1.165, 1.54) is 12.1 Å². The van der Waals surface area contributed by atoms with Crippen molar-refractivity contribution in [1.82, 2.24) is 0 Å². The molecule has 0 saturated carbocycles. The lowest BCUT2D eigenvalue weighted by Gasteiger charge is -2.31. The predicted octanol–water partition coefficient (Wildman–Crippen LogP) is 9.39. The van der Waals surface area contributed by atoms with Gasteiger partial charge < -0.3 is 10.2 Å². The third-order valence-corrected chi connectivity index (χ3v) is 7.38. The van der Waals surface area contributed by atoms with Crippen LogP contribution >= 0.6 is 22.6 Å². The Hall–Kier alpha value is -3.44. The number of hydrogen-bond acceptors (Lipinski definition) is 2. The molecule has 16 heteroatoms. The number of carbonyl (C=O) groups is 2. The van der Waals surface area contributed by atoms with Crippen molar-refractivity contribution >= 4 is 45.8 Å². The van der Waals surface area contributed by atoms with Gasteiger partial charge in [0.2, 0.25) is 0 Å². The smallest absolute Gasteiger partial charge is 0.320 e. The first-order valence-electron chi connectivity index (χ1n) is 12.2. The summed E-state index contributed by atoms with van der Waals surface area (Å²) in [6.45, 7) is 3.84. The van der Waals surface area contributed by atoms with Crippen molar-refractivity contribution in [2.24, 2.45) is 0 Å². The van der Waals surface area contributed by atoms with E-state index in [9.17, 15) is 53.5 Å². The van der Waals surface area contributed by atoms with Gasteiger partial charge in [-0.05, 0) is 70.5 Å². The molecule has 0 aromatic heterocycles. The highest BCUT2D eigenvalue weighted by Crippen LogP contribution is 2.54. The van der Waals surface area contributed by atoms with Gasteiger partial charge in [-0.3, -0.25) is 9.59 Å². The number of alkyl halides is 10. The number of anilines is 2. The fourth-order valence-corrected chi connectivity index (χ4v) is 4.85. The van der Waals surface area contributed by atoms with E-state index in [0.29, 0.717) is 0 Å². The highest BCUT2D eigenvalue weighted by atomic mass is 127. The highest BCUT2D eigenvalue weighted by Gasteiger charge is 2.73. The van der Waals surface area contributed by atoms with Gasteiger partial charge in [-0.2, -0.15) is 39.5 Å². The maximum atomic E-state index is 15.5. The molecule has 0 heterocycles. The molecular formula is C28H20F11IN2O2. The first-order chi connectivity index (χ1) is 20.0. The fraction of sp³-hybridized carbons (Fsp3) is 0.286. The molecule has 0 fully saturated rings. The lowest BCUT2D eigenvalue weighted by atomic mass is 9.92. The van der Waals surface area contributed by atoms with Crippen molar-refractivity contribution < 1.29 is 57.9 Å². The molecule has 0 atom stereocenters. The van der Waals surface area contributed by atoms with Crippen molar-refractivity contribution in [3.05, 3.63) is 91.8 Å². The SMILES string of the molecule is CC(C)c1ccc(C(=O)N(C)c2cccc(C(=O)Nc3c(I)cc(C(F)(C(F)(F)F)C(F)(F)F)cc3C(F)(F)F)c2F)cc1. The predicted molar refractivity (Wildman–Crippen MR) is 147 cm³/mol. The average Bonchev–Trinajstić information content (AvgIpc) is 2.90. The molecule has 238 valence electrons. The van der Waals surface area contributed by atoms with Crippen molar-refractivity contribution in [1.29, 1.82) is 0 Å². The summed E-state index contributed by atoms with van der Waals surface area (Å²) in [6, 6.07) is 8.42. The van der Waals surface area contributed by atoms with Gasteiger partial charge in [0.05, 0.1) is 22.5 Å². The molecule has 1 N–H and O–H groups in total. The maximum Gasteiger partial charge on any atom is 0.435 e. The molecule has 0 radical (unpaired) electrons. The number of benzene rings is 3. The van der Waals surface area contributed by atoms with Crippen molar-refractivity contribution in [2.45, 2.75) is 44.0 Å². The van der Waals surface area contributed by atoms with Crippen LogP contribution in [0, 0.1) is 9.39 Å². The molecule has 4 nitrogen and oxygen atoms in total. The number of halogens is 12. The minimum Gasteiger partial charge on any atom is -0.320 e. The number of hydrogen-bond donors (Lipinski definition) is 1. The van der Waals surface area contributed by atoms with Gasteiger partial charge in [0.15, 0.2) is 5.82 Å². The van der Waals surface area contributed by atoms with E-state index in [1.54, 1.807) is 17.4 Å². The second kappa shape index (κ2) is 12.2. The fourth-order valence-electron chi connectivity index (χ4n) is 4.09. The molecule has 44 heavy (non-hydrogen) atoms. The molecule has 0 saturated heterocycles. The summed E-state index contributed by atoms with van der Waals surface area (Å²) in [5.74, 6) is -3.54. The molecule has 0 aliphatic heterocycles. The summed E-state index contributed by atoms with van der Waals surface area (Å²) in [4.78, 5) is 26.7. The van der Waals surface area contributed by atoms with E-state index in [4.69, 9.17) is 0 Å². The summed E-state index contributed by atoms with van der Waals surface area (Å²) >= 11 is 0.885. The Labute approximate surface area is 256 Å². The number of carbonyl (C=O) groups excluding carboxylic acids is 2. The second-order valence-corrected chi connectivity index (χ2v) is 10.9. The Morgan fingerprint density at radius 1 is 0.841 bits per heavy atom. The van der Waals surface area contributed by atoms with Crippen LogP contribution < -0.4 is 10.2 Å². The minimum absolute atomic E-state index is 0.136. The topological polar surface area (TPSA) is 49.4 Å². The van der Waals surface area contributed by atoms with E-state index >= 15 is 4.39 Å². The van der Waals surface area contributed by atoms with Crippen molar-refractivity contribution in [2.75, 3.05) is 17.3 Å². The quantitative estimate of drug-likeness (QED) is 0.202. The molecule has 0 spiro atoms. The van der Waals surface area contributed by atoms with Crippen molar-refractivity contribution in [3.63, 3.8) is 0 Å². The van der Waals surface area contributed by atoms with Gasteiger partial charge >= 0.3 is 24.2 Å². The summed E-state index contributed by atoms with van der Waals surface area (Å²) in [5.41, 5.74) is -12.6. The van der Waals surface area contributed by atoms with Gasteiger partial charge in [-0.1, -0.05) is 32.0 Å². The van der Waals surface area contributed by atoms with E-state index < -0.39 is 79.5 Å². The number of nitrogens with zero attached hydrogens (tertiary/aromatic N) is 1. The lowest BCUT2D eigenvalue weighted by molar-refractivity contribution is -0.348. The Morgan fingerprint density at radius 2 is 1.39 bits per heavy atom. The highest BCUT2D eigenvalue weighted by molar-refractivity contribution is 14.1. The van der Waals surface area contributed by atoms with Gasteiger partial charge in [-0.15, -0.1) is 0 Å². The molecule has 0 aliphatic carbocycles. The monoisotopic (exact) mass is 752 g/mol. The van der Waals surface area contributed by atoms with Crippen LogP contribution in [0.5, 0.6) is 0 Å². The first-order valence-corrected chi connectivity index (χ1v) is 13.3. The van der Waals surface area contributed by atoms with E-state index in [2.05, 4.69) is 0 Å². The third kappa shape index (κ3) is 6.63. The zero-order valence-corrected chi connectivity index (χ0v) is 24.7. The first kappa shape index (κ1) is 35.0. The average molecular weight is 752 g/mol. The van der Waals surface area contributed by atoms with Gasteiger partial charge in [-0.25, -0.2) is 8.78 Å². The van der Waals surface area contributed by atoms with E-state index in [1.807, 2.05) is 13.8 Å². The molecule has 3 aromatic rings. The number of nitrogens with one attached hydrogen (secondary N) is 1. The molecule has 3 aromatic carbocycles. The summed E-state index contributed by atoms with van der Waals surface area (Å²) in [5, 5.41) is 1.65. The van der Waals surface area contributed by atoms with Gasteiger partial charge in [0.1, 0.15) is 0 Å². The van der Waals surface area contributed by atoms with E-state index in [0.717, 1.165) is 58.3 Å². The minimum atomic E-state index is -6.70. The van der Waals surface area contributed by atoms with Gasteiger partial charge in [0.25, 0.3) is 11.8 Å². The standard InChI is InChI=1S/C28H20F11IN2O2/c1-13(2)14-7-9-15(10-8-14)24(44)42(3)20-6-4-5-17(21(20)29)23(43)41-22-18(26(31,32)33)11-16(12-19(22)40)25(30,27(34,35)36)28(37,38)39/h4-13H,1-3H3,(H,41,43). The zero-order chi connectivity index (χ0) is 33.6. The van der Waals surface area contributed by atoms with Crippen LogP contribution in [0.2, 0.25) is 0 Å². The van der Waals surface area contributed by atoms with Crippen LogP contribution in [-0.2, 0) is 11.8 Å². The van der Waals surface area contributed by atoms with Crippen LogP contribution in [0.15, 0.2) is 54.6 Å². The summed E-state index contributed by atoms with van der Waals surface area (Å²) < 4.78 is 150. The second-order valence-electron chi connectivity index (χ2n) is 9.77. The number of amides is 2. The van der Waals surface area contributed by atoms with Crippen LogP contribution in [0.3, 0.4) is 0 Å². The lowest BCUT2D eigenvalue weighted by Crippen LogP contribution is -2.50. The van der Waals surface area contributed by atoms with Crippen LogP contribution in [0.1, 0.15) is 57.2 Å². The Bertz CT molecular complexity index is 1550.